The molecule has 3 nitrogen and oxygen atoms in total. The summed E-state index contributed by atoms with van der Waals surface area (Å²) in [7, 11) is 0. The lowest BCUT2D eigenvalue weighted by Gasteiger charge is -2.15. The molecule has 98 valence electrons. The Hall–Kier alpha value is -0.580. The summed E-state index contributed by atoms with van der Waals surface area (Å²) in [6, 6.07) is 3.88. The van der Waals surface area contributed by atoms with Crippen molar-refractivity contribution in [3.63, 3.8) is 0 Å². The molecule has 0 saturated heterocycles. The fraction of sp³-hybridized carbons (Fsp3) is 0.417. The third kappa shape index (κ3) is 2.56. The minimum absolute atomic E-state index is 0.291. The number of halogens is 2. The number of anilines is 1. The highest BCUT2D eigenvalue weighted by atomic mass is 35.5. The molecule has 2 N–H and O–H groups in total. The van der Waals surface area contributed by atoms with Gasteiger partial charge in [-0.3, -0.25) is 0 Å². The molecule has 1 heterocycles. The van der Waals surface area contributed by atoms with Gasteiger partial charge in [0, 0.05) is 6.04 Å². The van der Waals surface area contributed by atoms with E-state index in [1.165, 1.54) is 0 Å². The second-order valence-corrected chi connectivity index (χ2v) is 6.03. The zero-order valence-corrected chi connectivity index (χ0v) is 12.6. The second kappa shape index (κ2) is 5.59. The Bertz CT molecular complexity index is 568. The topological polar surface area (TPSA) is 43.8 Å². The standard InChI is InChI=1S/C12H15Cl2N3S/c1-7(3-4-18-2)17-11-6-9(14)8(13)5-10(11)16-12(17)15/h5-7H,3-4H2,1-2H3,(H2,15,16). The molecular formula is C12H15Cl2N3S. The van der Waals surface area contributed by atoms with E-state index in [9.17, 15) is 0 Å². The zero-order valence-electron chi connectivity index (χ0n) is 10.3. The minimum Gasteiger partial charge on any atom is -0.369 e. The average molecular weight is 304 g/mol. The third-order valence-electron chi connectivity index (χ3n) is 2.94. The van der Waals surface area contributed by atoms with E-state index in [2.05, 4.69) is 18.2 Å². The van der Waals surface area contributed by atoms with Gasteiger partial charge in [-0.05, 0) is 37.5 Å². The molecule has 0 aliphatic carbocycles. The van der Waals surface area contributed by atoms with Crippen LogP contribution in [-0.2, 0) is 0 Å². The van der Waals surface area contributed by atoms with Crippen molar-refractivity contribution in [1.29, 1.82) is 0 Å². The van der Waals surface area contributed by atoms with Gasteiger partial charge in [0.1, 0.15) is 0 Å². The van der Waals surface area contributed by atoms with Crippen LogP contribution < -0.4 is 5.73 Å². The summed E-state index contributed by atoms with van der Waals surface area (Å²) in [5, 5.41) is 1.04. The van der Waals surface area contributed by atoms with Gasteiger partial charge in [0.15, 0.2) is 0 Å². The molecule has 1 aromatic heterocycles. The first-order valence-corrected chi connectivity index (χ1v) is 7.81. The van der Waals surface area contributed by atoms with E-state index in [1.807, 2.05) is 22.4 Å². The number of nitrogens with two attached hydrogens (primary N) is 1. The highest BCUT2D eigenvalue weighted by molar-refractivity contribution is 7.98. The van der Waals surface area contributed by atoms with Crippen LogP contribution >= 0.6 is 35.0 Å². The molecule has 0 aliphatic heterocycles. The quantitative estimate of drug-likeness (QED) is 0.919. The lowest BCUT2D eigenvalue weighted by Crippen LogP contribution is -2.09. The van der Waals surface area contributed by atoms with E-state index >= 15 is 0 Å². The Kier molecular flexibility index (Phi) is 4.30. The molecule has 1 unspecified atom stereocenters. The van der Waals surface area contributed by atoms with Gasteiger partial charge in [-0.1, -0.05) is 23.2 Å². The molecule has 1 atom stereocenters. The van der Waals surface area contributed by atoms with E-state index in [0.29, 0.717) is 22.0 Å². The van der Waals surface area contributed by atoms with Gasteiger partial charge in [0.05, 0.1) is 21.1 Å². The first-order chi connectivity index (χ1) is 8.54. The number of nitrogen functional groups attached to an aromatic ring is 1. The monoisotopic (exact) mass is 303 g/mol. The van der Waals surface area contributed by atoms with Gasteiger partial charge in [-0.2, -0.15) is 11.8 Å². The predicted molar refractivity (Wildman–Crippen MR) is 81.9 cm³/mol. The third-order valence-corrected chi connectivity index (χ3v) is 4.31. The number of nitrogens with zero attached hydrogens (tertiary/aromatic N) is 2. The van der Waals surface area contributed by atoms with Crippen LogP contribution in [0.4, 0.5) is 5.95 Å². The van der Waals surface area contributed by atoms with Crippen molar-refractivity contribution in [1.82, 2.24) is 9.55 Å². The number of benzene rings is 1. The second-order valence-electron chi connectivity index (χ2n) is 4.23. The molecule has 0 bridgehead atoms. The normalized spacial score (nSPS) is 13.1. The Morgan fingerprint density at radius 2 is 2.06 bits per heavy atom. The van der Waals surface area contributed by atoms with Crippen molar-refractivity contribution in [3.05, 3.63) is 22.2 Å². The van der Waals surface area contributed by atoms with Crippen LogP contribution in [0.1, 0.15) is 19.4 Å². The number of fused-ring (bicyclic) bond motifs is 1. The smallest absolute Gasteiger partial charge is 0.201 e. The van der Waals surface area contributed by atoms with Crippen LogP contribution in [0.3, 0.4) is 0 Å². The molecule has 0 fully saturated rings. The summed E-state index contributed by atoms with van der Waals surface area (Å²) in [6.45, 7) is 2.14. The van der Waals surface area contributed by atoms with E-state index < -0.39 is 0 Å². The average Bonchev–Trinajstić information content (AvgIpc) is 2.62. The summed E-state index contributed by atoms with van der Waals surface area (Å²) in [4.78, 5) is 4.34. The molecule has 18 heavy (non-hydrogen) atoms. The number of hydrogen-bond acceptors (Lipinski definition) is 3. The van der Waals surface area contributed by atoms with Crippen molar-refractivity contribution < 1.29 is 0 Å². The van der Waals surface area contributed by atoms with Crippen LogP contribution in [0.2, 0.25) is 10.0 Å². The zero-order chi connectivity index (χ0) is 13.3. The molecule has 0 spiro atoms. The Balaban J connectivity index is 2.49. The number of thioether (sulfide) groups is 1. The summed E-state index contributed by atoms with van der Waals surface area (Å²) < 4.78 is 2.02. The van der Waals surface area contributed by atoms with Crippen molar-refractivity contribution in [2.45, 2.75) is 19.4 Å². The van der Waals surface area contributed by atoms with Gasteiger partial charge in [0.25, 0.3) is 0 Å². The van der Waals surface area contributed by atoms with Crippen LogP contribution in [0.5, 0.6) is 0 Å². The fourth-order valence-electron chi connectivity index (χ4n) is 1.99. The van der Waals surface area contributed by atoms with Crippen LogP contribution in [0, 0.1) is 0 Å². The lowest BCUT2D eigenvalue weighted by molar-refractivity contribution is 0.556. The number of hydrogen-bond donors (Lipinski definition) is 1. The van der Waals surface area contributed by atoms with Gasteiger partial charge in [0.2, 0.25) is 5.95 Å². The SMILES string of the molecule is CSCCC(C)n1c(N)nc2cc(Cl)c(Cl)cc21. The van der Waals surface area contributed by atoms with E-state index in [1.54, 1.807) is 6.07 Å². The van der Waals surface area contributed by atoms with Crippen molar-refractivity contribution in [3.8, 4) is 0 Å². The van der Waals surface area contributed by atoms with E-state index in [-0.39, 0.29) is 0 Å². The summed E-state index contributed by atoms with van der Waals surface area (Å²) in [6.07, 6.45) is 3.13. The summed E-state index contributed by atoms with van der Waals surface area (Å²) >= 11 is 13.9. The fourth-order valence-corrected chi connectivity index (χ4v) is 2.88. The number of aromatic nitrogens is 2. The molecule has 0 radical (unpaired) electrons. The highest BCUT2D eigenvalue weighted by Crippen LogP contribution is 2.31. The Labute approximate surface area is 121 Å². The Morgan fingerprint density at radius 1 is 1.39 bits per heavy atom. The molecule has 0 amide bonds. The van der Waals surface area contributed by atoms with Crippen LogP contribution in [0.25, 0.3) is 11.0 Å². The lowest BCUT2D eigenvalue weighted by atomic mass is 10.2. The van der Waals surface area contributed by atoms with Gasteiger partial charge in [-0.15, -0.1) is 0 Å². The first kappa shape index (κ1) is 13.8. The predicted octanol–water partition coefficient (Wildman–Crippen LogP) is 4.24. The van der Waals surface area contributed by atoms with Crippen molar-refractivity contribution in [2.24, 2.45) is 0 Å². The Morgan fingerprint density at radius 3 is 2.72 bits per heavy atom. The van der Waals surface area contributed by atoms with Crippen molar-refractivity contribution >= 4 is 51.9 Å². The maximum absolute atomic E-state index is 6.06. The largest absolute Gasteiger partial charge is 0.369 e. The number of rotatable bonds is 4. The maximum atomic E-state index is 6.06. The van der Waals surface area contributed by atoms with E-state index in [4.69, 9.17) is 28.9 Å². The molecule has 6 heteroatoms. The molecule has 2 aromatic rings. The highest BCUT2D eigenvalue weighted by Gasteiger charge is 2.15. The molecule has 1 aromatic carbocycles. The molecule has 0 aliphatic rings. The summed E-state index contributed by atoms with van der Waals surface area (Å²) in [5.41, 5.74) is 7.72. The van der Waals surface area contributed by atoms with Crippen LogP contribution in [-0.4, -0.2) is 21.6 Å². The van der Waals surface area contributed by atoms with Crippen molar-refractivity contribution in [2.75, 3.05) is 17.7 Å². The molecule has 0 saturated carbocycles. The minimum atomic E-state index is 0.291. The van der Waals surface area contributed by atoms with Crippen LogP contribution in [0.15, 0.2) is 12.1 Å². The first-order valence-electron chi connectivity index (χ1n) is 5.66. The maximum Gasteiger partial charge on any atom is 0.201 e. The van der Waals surface area contributed by atoms with Gasteiger partial charge < -0.3 is 10.3 Å². The van der Waals surface area contributed by atoms with Gasteiger partial charge in [-0.25, -0.2) is 4.98 Å². The van der Waals surface area contributed by atoms with E-state index in [0.717, 1.165) is 23.2 Å². The molecular weight excluding hydrogens is 289 g/mol. The molecule has 2 rings (SSSR count). The van der Waals surface area contributed by atoms with Gasteiger partial charge >= 0.3 is 0 Å². The summed E-state index contributed by atoms with van der Waals surface area (Å²) in [5.74, 6) is 1.60. The number of imidazole rings is 1.